The summed E-state index contributed by atoms with van der Waals surface area (Å²) in [6.07, 6.45) is 0. The molecule has 0 spiro atoms. The topological polar surface area (TPSA) is 76.1 Å². The van der Waals surface area contributed by atoms with E-state index in [1.807, 2.05) is 0 Å². The van der Waals surface area contributed by atoms with E-state index in [2.05, 4.69) is 0 Å². The summed E-state index contributed by atoms with van der Waals surface area (Å²) in [6, 6.07) is 14.5. The fraction of sp³-hybridized carbons (Fsp3) is 0.154. The molecule has 1 unspecified atom stereocenters. The van der Waals surface area contributed by atoms with E-state index in [0.717, 1.165) is 11.6 Å². The predicted octanol–water partition coefficient (Wildman–Crippen LogP) is 5.43. The SMILES string of the molecule is COc1cccc(C2/C(=C(\O)c3ccc(OC)c(C)c3)C(=O)C(=O)N2c2ccc(F)c(Cl)c2)c1. The number of ketones is 1. The van der Waals surface area contributed by atoms with Crippen molar-refractivity contribution in [2.24, 2.45) is 0 Å². The van der Waals surface area contributed by atoms with E-state index in [1.165, 1.54) is 31.3 Å². The lowest BCUT2D eigenvalue weighted by atomic mass is 9.94. The van der Waals surface area contributed by atoms with Crippen LogP contribution >= 0.6 is 11.6 Å². The Hall–Kier alpha value is -3.84. The number of hydrogen-bond acceptors (Lipinski definition) is 5. The zero-order valence-electron chi connectivity index (χ0n) is 18.6. The first-order valence-corrected chi connectivity index (χ1v) is 10.7. The predicted molar refractivity (Wildman–Crippen MR) is 127 cm³/mol. The van der Waals surface area contributed by atoms with Crippen LogP contribution in [0, 0.1) is 12.7 Å². The molecule has 34 heavy (non-hydrogen) atoms. The Bertz CT molecular complexity index is 1340. The highest BCUT2D eigenvalue weighted by atomic mass is 35.5. The summed E-state index contributed by atoms with van der Waals surface area (Å²) in [5, 5.41) is 11.0. The second-order valence-corrected chi connectivity index (χ2v) is 8.14. The number of aliphatic hydroxyl groups excluding tert-OH is 1. The standard InChI is InChI=1S/C26H21ClFNO5/c1-14-11-16(7-10-21(14)34-3)24(30)22-23(15-5-4-6-18(12-15)33-2)29(26(32)25(22)31)17-8-9-20(28)19(27)13-17/h4-13,23,30H,1-3H3/b24-22+. The van der Waals surface area contributed by atoms with Crippen LogP contribution in [-0.2, 0) is 9.59 Å². The molecule has 1 aliphatic heterocycles. The van der Waals surface area contributed by atoms with Gasteiger partial charge in [-0.25, -0.2) is 4.39 Å². The van der Waals surface area contributed by atoms with Crippen LogP contribution in [-0.4, -0.2) is 31.0 Å². The van der Waals surface area contributed by atoms with Crippen molar-refractivity contribution in [2.45, 2.75) is 13.0 Å². The van der Waals surface area contributed by atoms with Gasteiger partial charge in [-0.1, -0.05) is 23.7 Å². The number of nitrogens with zero attached hydrogens (tertiary/aromatic N) is 1. The monoisotopic (exact) mass is 481 g/mol. The number of methoxy groups -OCH3 is 2. The van der Waals surface area contributed by atoms with Crippen LogP contribution < -0.4 is 14.4 Å². The first kappa shape index (κ1) is 23.3. The number of anilines is 1. The number of aliphatic hydroxyl groups is 1. The van der Waals surface area contributed by atoms with Gasteiger partial charge in [0.05, 0.1) is 30.9 Å². The molecule has 0 saturated carbocycles. The van der Waals surface area contributed by atoms with Crippen LogP contribution in [0.2, 0.25) is 5.02 Å². The lowest BCUT2D eigenvalue weighted by molar-refractivity contribution is -0.132. The van der Waals surface area contributed by atoms with Crippen molar-refractivity contribution in [2.75, 3.05) is 19.1 Å². The van der Waals surface area contributed by atoms with Gasteiger partial charge in [-0.15, -0.1) is 0 Å². The van der Waals surface area contributed by atoms with Crippen molar-refractivity contribution in [3.8, 4) is 11.5 Å². The largest absolute Gasteiger partial charge is 0.507 e. The summed E-state index contributed by atoms with van der Waals surface area (Å²) in [6.45, 7) is 1.80. The molecule has 1 saturated heterocycles. The number of ether oxygens (including phenoxy) is 2. The van der Waals surface area contributed by atoms with Crippen molar-refractivity contribution in [1.29, 1.82) is 0 Å². The highest BCUT2D eigenvalue weighted by Crippen LogP contribution is 2.43. The molecule has 0 aliphatic carbocycles. The Morgan fingerprint density at radius 3 is 2.44 bits per heavy atom. The van der Waals surface area contributed by atoms with Gasteiger partial charge in [0.1, 0.15) is 23.1 Å². The maximum absolute atomic E-state index is 13.8. The van der Waals surface area contributed by atoms with Crippen molar-refractivity contribution in [1.82, 2.24) is 0 Å². The summed E-state index contributed by atoms with van der Waals surface area (Å²) in [4.78, 5) is 27.6. The van der Waals surface area contributed by atoms with E-state index in [4.69, 9.17) is 21.1 Å². The second kappa shape index (κ2) is 9.19. The van der Waals surface area contributed by atoms with Gasteiger partial charge < -0.3 is 14.6 Å². The Morgan fingerprint density at radius 1 is 1.03 bits per heavy atom. The third-order valence-corrected chi connectivity index (χ3v) is 5.99. The maximum Gasteiger partial charge on any atom is 0.300 e. The Labute approximate surface area is 200 Å². The van der Waals surface area contributed by atoms with Gasteiger partial charge in [-0.2, -0.15) is 0 Å². The second-order valence-electron chi connectivity index (χ2n) is 7.73. The quantitative estimate of drug-likeness (QED) is 0.299. The van der Waals surface area contributed by atoms with Crippen molar-refractivity contribution >= 4 is 34.7 Å². The van der Waals surface area contributed by atoms with E-state index < -0.39 is 23.5 Å². The lowest BCUT2D eigenvalue weighted by Crippen LogP contribution is -2.29. The van der Waals surface area contributed by atoms with Gasteiger partial charge in [-0.05, 0) is 66.6 Å². The minimum absolute atomic E-state index is 0.108. The van der Waals surface area contributed by atoms with Crippen molar-refractivity contribution < 1.29 is 28.6 Å². The number of hydrogen-bond donors (Lipinski definition) is 1. The molecule has 8 heteroatoms. The molecule has 174 valence electrons. The molecule has 1 atom stereocenters. The summed E-state index contributed by atoms with van der Waals surface area (Å²) in [5.41, 5.74) is 1.71. The number of halogens is 2. The van der Waals surface area contributed by atoms with Crippen molar-refractivity contribution in [3.05, 3.63) is 93.8 Å². The molecule has 0 aromatic heterocycles. The average molecular weight is 482 g/mol. The van der Waals surface area contributed by atoms with E-state index in [9.17, 15) is 19.1 Å². The number of carbonyl (C=O) groups is 2. The van der Waals surface area contributed by atoms with Crippen LogP contribution in [0.15, 0.2) is 66.2 Å². The van der Waals surface area contributed by atoms with E-state index in [-0.39, 0.29) is 22.0 Å². The van der Waals surface area contributed by atoms with Gasteiger partial charge >= 0.3 is 0 Å². The van der Waals surface area contributed by atoms with Gasteiger partial charge in [-0.3, -0.25) is 14.5 Å². The minimum Gasteiger partial charge on any atom is -0.507 e. The Morgan fingerprint density at radius 2 is 1.79 bits per heavy atom. The number of carbonyl (C=O) groups excluding carboxylic acids is 2. The highest BCUT2D eigenvalue weighted by molar-refractivity contribution is 6.51. The van der Waals surface area contributed by atoms with Crippen LogP contribution in [0.1, 0.15) is 22.7 Å². The molecule has 0 bridgehead atoms. The zero-order valence-corrected chi connectivity index (χ0v) is 19.4. The normalized spacial score (nSPS) is 17.2. The third-order valence-electron chi connectivity index (χ3n) is 5.70. The molecule has 3 aromatic carbocycles. The molecule has 4 rings (SSSR count). The minimum atomic E-state index is -1.00. The fourth-order valence-corrected chi connectivity index (χ4v) is 4.22. The highest BCUT2D eigenvalue weighted by Gasteiger charge is 2.47. The molecule has 1 fully saturated rings. The number of benzene rings is 3. The molecule has 1 heterocycles. The van der Waals surface area contributed by atoms with Crippen LogP contribution in [0.4, 0.5) is 10.1 Å². The summed E-state index contributed by atoms with van der Waals surface area (Å²) in [7, 11) is 3.03. The summed E-state index contributed by atoms with van der Waals surface area (Å²) in [5.74, 6) is -1.63. The number of amides is 1. The van der Waals surface area contributed by atoms with Gasteiger partial charge in [0.15, 0.2) is 0 Å². The molecular weight excluding hydrogens is 461 g/mol. The third kappa shape index (κ3) is 3.99. The average Bonchev–Trinajstić information content (AvgIpc) is 3.10. The zero-order chi connectivity index (χ0) is 24.6. The Balaban J connectivity index is 1.96. The first-order valence-electron chi connectivity index (χ1n) is 10.3. The van der Waals surface area contributed by atoms with Gasteiger partial charge in [0.25, 0.3) is 11.7 Å². The van der Waals surface area contributed by atoms with Crippen molar-refractivity contribution in [3.63, 3.8) is 0 Å². The number of rotatable bonds is 5. The Kier molecular flexibility index (Phi) is 6.30. The summed E-state index contributed by atoms with van der Waals surface area (Å²) >= 11 is 5.97. The first-order chi connectivity index (χ1) is 16.3. The molecule has 1 amide bonds. The summed E-state index contributed by atoms with van der Waals surface area (Å²) < 4.78 is 24.4. The van der Waals surface area contributed by atoms with E-state index in [1.54, 1.807) is 49.4 Å². The maximum atomic E-state index is 13.8. The van der Waals surface area contributed by atoms with Gasteiger partial charge in [0, 0.05) is 11.3 Å². The molecule has 3 aromatic rings. The smallest absolute Gasteiger partial charge is 0.300 e. The molecule has 0 radical (unpaired) electrons. The van der Waals surface area contributed by atoms with Crippen LogP contribution in [0.3, 0.4) is 0 Å². The molecular formula is C26H21ClFNO5. The van der Waals surface area contributed by atoms with Crippen LogP contribution in [0.25, 0.3) is 5.76 Å². The fourth-order valence-electron chi connectivity index (χ4n) is 4.04. The number of aryl methyl sites for hydroxylation is 1. The van der Waals surface area contributed by atoms with E-state index >= 15 is 0 Å². The molecule has 1 N–H and O–H groups in total. The number of Topliss-reactive ketones (excluding diaryl/α,β-unsaturated/α-hetero) is 1. The lowest BCUT2D eigenvalue weighted by Gasteiger charge is -2.26. The molecule has 1 aliphatic rings. The molecule has 6 nitrogen and oxygen atoms in total. The van der Waals surface area contributed by atoms with Crippen LogP contribution in [0.5, 0.6) is 11.5 Å². The van der Waals surface area contributed by atoms with Gasteiger partial charge in [0.2, 0.25) is 0 Å². The van der Waals surface area contributed by atoms with E-state index in [0.29, 0.717) is 22.6 Å².